The highest BCUT2D eigenvalue weighted by Gasteiger charge is 1.74. The molecular weight excluding hydrogens is 134 g/mol. The van der Waals surface area contributed by atoms with Crippen molar-refractivity contribution in [2.75, 3.05) is 0 Å². The minimum absolute atomic E-state index is 1.06. The zero-order chi connectivity index (χ0) is 8.53. The van der Waals surface area contributed by atoms with E-state index >= 15 is 0 Å². The Bertz CT molecular complexity index is 207. The molecule has 0 bridgehead atoms. The topological polar surface area (TPSA) is 23.9 Å². The molecule has 0 amide bonds. The van der Waals surface area contributed by atoms with Crippen molar-refractivity contribution in [2.45, 2.75) is 6.92 Å². The van der Waals surface area contributed by atoms with E-state index in [1.54, 1.807) is 12.2 Å². The molecule has 0 aromatic rings. The van der Waals surface area contributed by atoms with Gasteiger partial charge >= 0.3 is 0 Å². The average Bonchev–Trinajstić information content (AvgIpc) is 1.99. The normalized spacial score (nSPS) is 12.6. The number of nitrogens with one attached hydrogen (secondary N) is 1. The first-order valence-electron chi connectivity index (χ1n) is 3.44. The number of rotatable bonds is 4. The Hall–Kier alpha value is -1.37. The second kappa shape index (κ2) is 6.75. The highest BCUT2D eigenvalue weighted by atomic mass is 14.3. The molecule has 0 radical (unpaired) electrons. The van der Waals surface area contributed by atoms with Crippen LogP contribution in [0.25, 0.3) is 0 Å². The molecule has 0 heterocycles. The van der Waals surface area contributed by atoms with Gasteiger partial charge in [0, 0.05) is 6.21 Å². The van der Waals surface area contributed by atoms with Gasteiger partial charge in [0.15, 0.2) is 0 Å². The summed E-state index contributed by atoms with van der Waals surface area (Å²) in [6.45, 7) is 5.49. The summed E-state index contributed by atoms with van der Waals surface area (Å²) >= 11 is 0. The van der Waals surface area contributed by atoms with Crippen molar-refractivity contribution in [3.8, 4) is 0 Å². The van der Waals surface area contributed by atoms with Crippen molar-refractivity contribution < 1.29 is 0 Å². The van der Waals surface area contributed by atoms with Gasteiger partial charge in [-0.1, -0.05) is 37.0 Å². The number of hydrogen-bond donors (Lipinski definition) is 1. The van der Waals surface area contributed by atoms with Gasteiger partial charge in [-0.15, -0.1) is 0 Å². The first-order chi connectivity index (χ1) is 5.31. The molecule has 1 N–H and O–H groups in total. The van der Waals surface area contributed by atoms with Crippen LogP contribution in [0.15, 0.2) is 48.6 Å². The maximum Gasteiger partial charge on any atom is 0.0180 e. The first kappa shape index (κ1) is 9.63. The standard InChI is InChI=1S/C10H13N/c1-3-4-5-6-7-10(2)8-9-11/h3-9,11H,1H2,2H3/b5-4+,7-6+,10-8+,11-9?. The molecule has 0 aliphatic carbocycles. The van der Waals surface area contributed by atoms with E-state index in [4.69, 9.17) is 5.41 Å². The summed E-state index contributed by atoms with van der Waals surface area (Å²) in [7, 11) is 0. The second-order valence-corrected chi connectivity index (χ2v) is 2.06. The Morgan fingerprint density at radius 3 is 2.55 bits per heavy atom. The van der Waals surface area contributed by atoms with E-state index < -0.39 is 0 Å². The van der Waals surface area contributed by atoms with Crippen LogP contribution in [0.1, 0.15) is 6.92 Å². The highest BCUT2D eigenvalue weighted by Crippen LogP contribution is 1.92. The number of allylic oxidation sites excluding steroid dienone is 7. The van der Waals surface area contributed by atoms with Crippen molar-refractivity contribution in [1.29, 1.82) is 5.41 Å². The maximum absolute atomic E-state index is 6.78. The largest absolute Gasteiger partial charge is 0.309 e. The predicted octanol–water partition coefficient (Wildman–Crippen LogP) is 2.88. The van der Waals surface area contributed by atoms with Crippen molar-refractivity contribution >= 4 is 6.21 Å². The fraction of sp³-hybridized carbons (Fsp3) is 0.100. The molecule has 1 nitrogen and oxygen atoms in total. The summed E-state index contributed by atoms with van der Waals surface area (Å²) in [4.78, 5) is 0. The van der Waals surface area contributed by atoms with E-state index in [9.17, 15) is 0 Å². The molecular formula is C10H13N. The second-order valence-electron chi connectivity index (χ2n) is 2.06. The summed E-state index contributed by atoms with van der Waals surface area (Å²) < 4.78 is 0. The van der Waals surface area contributed by atoms with Crippen molar-refractivity contribution in [1.82, 2.24) is 0 Å². The van der Waals surface area contributed by atoms with Crippen LogP contribution in [-0.4, -0.2) is 6.21 Å². The minimum atomic E-state index is 1.06. The lowest BCUT2D eigenvalue weighted by molar-refractivity contribution is 1.51. The van der Waals surface area contributed by atoms with E-state index in [2.05, 4.69) is 6.58 Å². The fourth-order valence-corrected chi connectivity index (χ4v) is 0.537. The van der Waals surface area contributed by atoms with E-state index in [1.807, 2.05) is 31.2 Å². The molecule has 0 unspecified atom stereocenters. The molecule has 0 aliphatic heterocycles. The lowest BCUT2D eigenvalue weighted by Crippen LogP contribution is -1.67. The maximum atomic E-state index is 6.78. The molecule has 0 spiro atoms. The van der Waals surface area contributed by atoms with Gasteiger partial charge in [0.2, 0.25) is 0 Å². The first-order valence-corrected chi connectivity index (χ1v) is 3.44. The quantitative estimate of drug-likeness (QED) is 0.467. The molecule has 1 heteroatoms. The molecule has 0 aromatic carbocycles. The van der Waals surface area contributed by atoms with E-state index in [0.29, 0.717) is 0 Å². The molecule has 0 saturated carbocycles. The minimum Gasteiger partial charge on any atom is -0.309 e. The van der Waals surface area contributed by atoms with Gasteiger partial charge in [-0.2, -0.15) is 0 Å². The Kier molecular flexibility index (Phi) is 5.91. The molecule has 11 heavy (non-hydrogen) atoms. The fourth-order valence-electron chi connectivity index (χ4n) is 0.537. The van der Waals surface area contributed by atoms with Crippen LogP contribution in [0.5, 0.6) is 0 Å². The smallest absolute Gasteiger partial charge is 0.0180 e. The molecule has 0 aliphatic rings. The Morgan fingerprint density at radius 1 is 1.27 bits per heavy atom. The van der Waals surface area contributed by atoms with Crippen molar-refractivity contribution in [2.24, 2.45) is 0 Å². The summed E-state index contributed by atoms with van der Waals surface area (Å²) in [6, 6.07) is 0. The van der Waals surface area contributed by atoms with Gasteiger partial charge in [0.25, 0.3) is 0 Å². The van der Waals surface area contributed by atoms with Crippen LogP contribution < -0.4 is 0 Å². The third-order valence-corrected chi connectivity index (χ3v) is 1.06. The summed E-state index contributed by atoms with van der Waals surface area (Å²) in [5, 5.41) is 6.78. The van der Waals surface area contributed by atoms with Crippen molar-refractivity contribution in [3.05, 3.63) is 48.6 Å². The van der Waals surface area contributed by atoms with Crippen LogP contribution in [0.2, 0.25) is 0 Å². The van der Waals surface area contributed by atoms with Crippen LogP contribution >= 0.6 is 0 Å². The monoisotopic (exact) mass is 147 g/mol. The van der Waals surface area contributed by atoms with Gasteiger partial charge < -0.3 is 5.41 Å². The third kappa shape index (κ3) is 6.52. The van der Waals surface area contributed by atoms with Crippen LogP contribution in [0.3, 0.4) is 0 Å². The van der Waals surface area contributed by atoms with Gasteiger partial charge in [-0.3, -0.25) is 0 Å². The SMILES string of the molecule is C=C/C=C/C=C/C(C)=C/C=N. The summed E-state index contributed by atoms with van der Waals surface area (Å²) in [5.41, 5.74) is 1.06. The Morgan fingerprint density at radius 2 is 2.00 bits per heavy atom. The molecule has 58 valence electrons. The molecule has 0 saturated heterocycles. The van der Waals surface area contributed by atoms with Gasteiger partial charge in [0.05, 0.1) is 0 Å². The van der Waals surface area contributed by atoms with Crippen molar-refractivity contribution in [3.63, 3.8) is 0 Å². The van der Waals surface area contributed by atoms with Crippen LogP contribution in [0.4, 0.5) is 0 Å². The summed E-state index contributed by atoms with van der Waals surface area (Å²) in [5.74, 6) is 0. The highest BCUT2D eigenvalue weighted by molar-refractivity contribution is 5.69. The zero-order valence-corrected chi connectivity index (χ0v) is 6.75. The van der Waals surface area contributed by atoms with E-state index in [1.165, 1.54) is 6.21 Å². The predicted molar refractivity (Wildman–Crippen MR) is 51.0 cm³/mol. The molecule has 0 fully saturated rings. The zero-order valence-electron chi connectivity index (χ0n) is 6.75. The lowest BCUT2D eigenvalue weighted by atomic mass is 10.2. The lowest BCUT2D eigenvalue weighted by Gasteiger charge is -1.83. The third-order valence-electron chi connectivity index (χ3n) is 1.06. The van der Waals surface area contributed by atoms with Crippen LogP contribution in [0, 0.1) is 5.41 Å². The number of hydrogen-bond acceptors (Lipinski definition) is 1. The summed E-state index contributed by atoms with van der Waals surface area (Å²) in [6.07, 6.45) is 12.3. The van der Waals surface area contributed by atoms with Crippen LogP contribution in [-0.2, 0) is 0 Å². The average molecular weight is 147 g/mol. The Balaban J connectivity index is 3.91. The van der Waals surface area contributed by atoms with E-state index in [-0.39, 0.29) is 0 Å². The van der Waals surface area contributed by atoms with Gasteiger partial charge in [-0.05, 0) is 18.6 Å². The molecule has 0 aromatic heterocycles. The molecule has 0 rings (SSSR count). The molecule has 0 atom stereocenters. The van der Waals surface area contributed by atoms with Gasteiger partial charge in [-0.25, -0.2) is 0 Å². The Labute approximate surface area is 68.0 Å². The van der Waals surface area contributed by atoms with Gasteiger partial charge in [0.1, 0.15) is 0 Å². The van der Waals surface area contributed by atoms with E-state index in [0.717, 1.165) is 5.57 Å².